The lowest BCUT2D eigenvalue weighted by molar-refractivity contribution is 0.570. The van der Waals surface area contributed by atoms with Crippen molar-refractivity contribution in [3.8, 4) is 5.95 Å². The van der Waals surface area contributed by atoms with Gasteiger partial charge >= 0.3 is 0 Å². The first-order valence-electron chi connectivity index (χ1n) is 5.30. The third kappa shape index (κ3) is 1.56. The van der Waals surface area contributed by atoms with Gasteiger partial charge in [0.05, 0.1) is 10.9 Å². The fraction of sp³-hybridized carbons (Fsp3) is 0.0909. The van der Waals surface area contributed by atoms with Crippen molar-refractivity contribution in [2.75, 3.05) is 12.4 Å². The number of nitrogens with zero attached hydrogens (tertiary/aromatic N) is 5. The molecule has 3 rings (SSSR count). The van der Waals surface area contributed by atoms with Crippen molar-refractivity contribution in [1.82, 2.24) is 24.7 Å². The molecule has 7 heteroatoms. The number of nitrogens with one attached hydrogen (secondary N) is 1. The number of hydrogen-bond acceptors (Lipinski definition) is 5. The number of halogens is 1. The molecule has 0 saturated carbocycles. The maximum atomic E-state index is 13.7. The number of anilines is 1. The van der Waals surface area contributed by atoms with E-state index >= 15 is 0 Å². The number of rotatable bonds is 2. The molecule has 0 aliphatic carbocycles. The molecular weight excluding hydrogens is 235 g/mol. The van der Waals surface area contributed by atoms with Crippen LogP contribution in [0.2, 0.25) is 0 Å². The second-order valence-corrected chi connectivity index (χ2v) is 3.58. The van der Waals surface area contributed by atoms with Gasteiger partial charge < -0.3 is 5.32 Å². The topological polar surface area (TPSA) is 68.5 Å². The average molecular weight is 244 g/mol. The highest BCUT2D eigenvalue weighted by Crippen LogP contribution is 2.19. The molecule has 0 atom stereocenters. The molecule has 0 saturated heterocycles. The summed E-state index contributed by atoms with van der Waals surface area (Å²) in [5.74, 6) is 0.131. The van der Waals surface area contributed by atoms with Gasteiger partial charge in [0.2, 0.25) is 11.9 Å². The lowest BCUT2D eigenvalue weighted by Gasteiger charge is -2.02. The van der Waals surface area contributed by atoms with Crippen LogP contribution in [0.4, 0.5) is 10.3 Å². The Morgan fingerprint density at radius 3 is 2.89 bits per heavy atom. The molecule has 90 valence electrons. The van der Waals surface area contributed by atoms with E-state index < -0.39 is 5.95 Å². The molecule has 0 unspecified atom stereocenters. The summed E-state index contributed by atoms with van der Waals surface area (Å²) < 4.78 is 15.0. The predicted molar refractivity (Wildman–Crippen MR) is 64.0 cm³/mol. The van der Waals surface area contributed by atoms with E-state index in [1.165, 1.54) is 11.0 Å². The Kier molecular flexibility index (Phi) is 2.36. The normalized spacial score (nSPS) is 10.8. The summed E-state index contributed by atoms with van der Waals surface area (Å²) in [6.07, 6.45) is 1.35. The molecule has 3 aromatic rings. The smallest absolute Gasteiger partial charge is 0.255 e. The molecule has 0 radical (unpaired) electrons. The molecule has 2 aromatic heterocycles. The molecule has 0 bridgehead atoms. The number of aromatic nitrogens is 5. The molecule has 0 spiro atoms. The third-order valence-electron chi connectivity index (χ3n) is 2.51. The van der Waals surface area contributed by atoms with E-state index in [1.54, 1.807) is 31.3 Å². The van der Waals surface area contributed by atoms with Crippen LogP contribution in [-0.2, 0) is 0 Å². The van der Waals surface area contributed by atoms with Crippen LogP contribution in [0.15, 0.2) is 30.6 Å². The van der Waals surface area contributed by atoms with E-state index in [9.17, 15) is 4.39 Å². The van der Waals surface area contributed by atoms with Gasteiger partial charge in [-0.25, -0.2) is 4.98 Å². The minimum Gasteiger partial charge on any atom is -0.357 e. The third-order valence-corrected chi connectivity index (χ3v) is 2.51. The summed E-state index contributed by atoms with van der Waals surface area (Å²) in [5, 5.41) is 7.03. The van der Waals surface area contributed by atoms with Crippen LogP contribution in [0, 0.1) is 5.95 Å². The van der Waals surface area contributed by atoms with Crippen molar-refractivity contribution in [3.05, 3.63) is 36.5 Å². The largest absolute Gasteiger partial charge is 0.357 e. The average Bonchev–Trinajstić information content (AvgIpc) is 2.77. The SMILES string of the molecule is CNc1ncnc(-n2nc(F)c3ccccc32)n1. The van der Waals surface area contributed by atoms with Crippen molar-refractivity contribution in [2.45, 2.75) is 0 Å². The van der Waals surface area contributed by atoms with Crippen molar-refractivity contribution >= 4 is 16.9 Å². The molecule has 2 heterocycles. The fourth-order valence-electron chi connectivity index (χ4n) is 1.69. The highest BCUT2D eigenvalue weighted by Gasteiger charge is 2.12. The number of fused-ring (bicyclic) bond motifs is 1. The van der Waals surface area contributed by atoms with Gasteiger partial charge in [-0.1, -0.05) is 12.1 Å². The van der Waals surface area contributed by atoms with E-state index in [0.717, 1.165) is 0 Å². The Bertz CT molecular complexity index is 708. The van der Waals surface area contributed by atoms with Crippen molar-refractivity contribution in [1.29, 1.82) is 0 Å². The van der Waals surface area contributed by atoms with E-state index in [2.05, 4.69) is 25.4 Å². The molecule has 0 amide bonds. The van der Waals surface area contributed by atoms with Gasteiger partial charge in [-0.3, -0.25) is 0 Å². The number of para-hydroxylation sites is 1. The Labute approximate surface area is 102 Å². The van der Waals surface area contributed by atoms with E-state index in [-0.39, 0.29) is 5.95 Å². The summed E-state index contributed by atoms with van der Waals surface area (Å²) in [6.45, 7) is 0. The molecule has 0 fully saturated rings. The van der Waals surface area contributed by atoms with Gasteiger partial charge in [-0.15, -0.1) is 5.10 Å². The Hall–Kier alpha value is -2.57. The molecule has 18 heavy (non-hydrogen) atoms. The van der Waals surface area contributed by atoms with Crippen molar-refractivity contribution < 1.29 is 4.39 Å². The summed E-state index contributed by atoms with van der Waals surface area (Å²) in [6, 6.07) is 6.98. The molecular formula is C11H9FN6. The highest BCUT2D eigenvalue weighted by atomic mass is 19.1. The van der Waals surface area contributed by atoms with Gasteiger partial charge in [-0.2, -0.15) is 19.0 Å². The Balaban J connectivity index is 2.25. The minimum atomic E-state index is -0.544. The monoisotopic (exact) mass is 244 g/mol. The van der Waals surface area contributed by atoms with E-state index in [0.29, 0.717) is 16.9 Å². The first kappa shape index (κ1) is 10.6. The summed E-state index contributed by atoms with van der Waals surface area (Å²) in [4.78, 5) is 12.0. The fourth-order valence-corrected chi connectivity index (χ4v) is 1.69. The number of benzene rings is 1. The van der Waals surface area contributed by atoms with Gasteiger partial charge in [0.15, 0.2) is 0 Å². The van der Waals surface area contributed by atoms with Crippen LogP contribution in [0.25, 0.3) is 16.9 Å². The Morgan fingerprint density at radius 2 is 2.06 bits per heavy atom. The minimum absolute atomic E-state index is 0.273. The molecule has 1 aromatic carbocycles. The van der Waals surface area contributed by atoms with Crippen LogP contribution in [0.3, 0.4) is 0 Å². The van der Waals surface area contributed by atoms with E-state index in [1.807, 2.05) is 0 Å². The molecule has 0 aliphatic heterocycles. The molecule has 0 aliphatic rings. The van der Waals surface area contributed by atoms with Crippen LogP contribution in [-0.4, -0.2) is 31.8 Å². The lowest BCUT2D eigenvalue weighted by atomic mass is 10.2. The summed E-state index contributed by atoms with van der Waals surface area (Å²) >= 11 is 0. The van der Waals surface area contributed by atoms with Crippen LogP contribution >= 0.6 is 0 Å². The molecule has 1 N–H and O–H groups in total. The van der Waals surface area contributed by atoms with Crippen LogP contribution < -0.4 is 5.32 Å². The highest BCUT2D eigenvalue weighted by molar-refractivity contribution is 5.80. The van der Waals surface area contributed by atoms with Crippen LogP contribution in [0.1, 0.15) is 0 Å². The number of hydrogen-bond donors (Lipinski definition) is 1. The maximum Gasteiger partial charge on any atom is 0.255 e. The first-order chi connectivity index (χ1) is 8.79. The predicted octanol–water partition coefficient (Wildman–Crippen LogP) is 1.39. The zero-order valence-electron chi connectivity index (χ0n) is 9.50. The van der Waals surface area contributed by atoms with Crippen LogP contribution in [0.5, 0.6) is 0 Å². The lowest BCUT2D eigenvalue weighted by Crippen LogP contribution is -2.06. The van der Waals surface area contributed by atoms with Gasteiger partial charge in [0.25, 0.3) is 5.95 Å². The second kappa shape index (κ2) is 4.02. The standard InChI is InChI=1S/C11H9FN6/c1-13-10-14-6-15-11(16-10)18-8-5-3-2-4-7(8)9(12)17-18/h2-6H,1H3,(H,13,14,15,16). The second-order valence-electron chi connectivity index (χ2n) is 3.58. The van der Waals surface area contributed by atoms with Gasteiger partial charge in [0.1, 0.15) is 6.33 Å². The quantitative estimate of drug-likeness (QED) is 0.737. The van der Waals surface area contributed by atoms with Gasteiger partial charge in [0, 0.05) is 7.05 Å². The van der Waals surface area contributed by atoms with Crippen molar-refractivity contribution in [3.63, 3.8) is 0 Å². The zero-order valence-corrected chi connectivity index (χ0v) is 9.50. The summed E-state index contributed by atoms with van der Waals surface area (Å²) in [5.41, 5.74) is 0.614. The van der Waals surface area contributed by atoms with E-state index in [4.69, 9.17) is 0 Å². The zero-order chi connectivity index (χ0) is 12.5. The molecule has 6 nitrogen and oxygen atoms in total. The first-order valence-corrected chi connectivity index (χ1v) is 5.30. The van der Waals surface area contributed by atoms with Gasteiger partial charge in [-0.05, 0) is 12.1 Å². The Morgan fingerprint density at radius 1 is 1.22 bits per heavy atom. The van der Waals surface area contributed by atoms with Crippen molar-refractivity contribution in [2.24, 2.45) is 0 Å². The summed E-state index contributed by atoms with van der Waals surface area (Å²) in [7, 11) is 1.70. The maximum absolute atomic E-state index is 13.7.